The van der Waals surface area contributed by atoms with Gasteiger partial charge in [0.05, 0.1) is 25.3 Å². The second-order valence-corrected chi connectivity index (χ2v) is 5.13. The monoisotopic (exact) mass is 249 g/mol. The Hall–Kier alpha value is -1.39. The Bertz CT molecular complexity index is 408. The van der Waals surface area contributed by atoms with Gasteiger partial charge in [0.25, 0.3) is 5.91 Å². The fourth-order valence-electron chi connectivity index (χ4n) is 2.06. The van der Waals surface area contributed by atoms with Crippen LogP contribution in [0.5, 0.6) is 0 Å². The average molecular weight is 249 g/mol. The molecule has 1 aliphatic rings. The molecule has 0 radical (unpaired) electrons. The maximum absolute atomic E-state index is 11.9. The molecule has 0 bridgehead atoms. The van der Waals surface area contributed by atoms with Gasteiger partial charge in [0.15, 0.2) is 0 Å². The molecule has 1 unspecified atom stereocenters. The Morgan fingerprint density at radius 2 is 2.06 bits per heavy atom. The number of carbonyl (C=O) groups is 1. The van der Waals surface area contributed by atoms with Crippen LogP contribution >= 0.6 is 0 Å². The first-order chi connectivity index (χ1) is 8.48. The minimum Gasteiger partial charge on any atom is -0.386 e. The molecule has 1 fully saturated rings. The minimum atomic E-state index is -0.727. The summed E-state index contributed by atoms with van der Waals surface area (Å²) in [5.74, 6) is -0.0579. The topological polar surface area (TPSA) is 49.8 Å². The van der Waals surface area contributed by atoms with Crippen LogP contribution in [0.3, 0.4) is 0 Å². The fraction of sp³-hybridized carbons (Fsp3) is 0.500. The number of hydrogen-bond acceptors (Lipinski definition) is 3. The summed E-state index contributed by atoms with van der Waals surface area (Å²) < 4.78 is 5.54. The molecule has 1 heterocycles. The van der Waals surface area contributed by atoms with Crippen LogP contribution in [-0.2, 0) is 16.1 Å². The van der Waals surface area contributed by atoms with E-state index in [9.17, 15) is 9.90 Å². The van der Waals surface area contributed by atoms with Gasteiger partial charge < -0.3 is 14.7 Å². The molecular formula is C14H19NO3. The van der Waals surface area contributed by atoms with Crippen LogP contribution in [0.4, 0.5) is 0 Å². The highest BCUT2D eigenvalue weighted by Crippen LogP contribution is 2.21. The van der Waals surface area contributed by atoms with Crippen LogP contribution in [0.2, 0.25) is 0 Å². The van der Waals surface area contributed by atoms with Gasteiger partial charge in [-0.15, -0.1) is 0 Å². The Kier molecular flexibility index (Phi) is 3.68. The molecule has 1 saturated heterocycles. The second kappa shape index (κ2) is 5.08. The van der Waals surface area contributed by atoms with Gasteiger partial charge in [-0.1, -0.05) is 30.3 Å². The second-order valence-electron chi connectivity index (χ2n) is 5.13. The van der Waals surface area contributed by atoms with E-state index in [1.165, 1.54) is 0 Å². The van der Waals surface area contributed by atoms with E-state index in [4.69, 9.17) is 4.74 Å². The zero-order valence-electron chi connectivity index (χ0n) is 10.8. The Balaban J connectivity index is 1.78. The molecule has 0 aliphatic carbocycles. The molecular weight excluding hydrogens is 230 g/mol. The molecule has 2 rings (SSSR count). The zero-order chi connectivity index (χ0) is 13.2. The number of benzene rings is 1. The maximum Gasteiger partial charge on any atom is 0.251 e. The number of ether oxygens (including phenoxy) is 1. The van der Waals surface area contributed by atoms with Gasteiger partial charge >= 0.3 is 0 Å². The van der Waals surface area contributed by atoms with Gasteiger partial charge in [0, 0.05) is 0 Å². The van der Waals surface area contributed by atoms with E-state index >= 15 is 0 Å². The van der Waals surface area contributed by atoms with Gasteiger partial charge in [-0.2, -0.15) is 0 Å². The quantitative estimate of drug-likeness (QED) is 0.872. The van der Waals surface area contributed by atoms with E-state index in [-0.39, 0.29) is 5.91 Å². The maximum atomic E-state index is 11.9. The minimum absolute atomic E-state index is 0.0579. The molecule has 4 heteroatoms. The summed E-state index contributed by atoms with van der Waals surface area (Å²) >= 11 is 0. The number of carbonyl (C=O) groups excluding carboxylic acids is 1. The van der Waals surface area contributed by atoms with Gasteiger partial charge in [-0.3, -0.25) is 4.79 Å². The molecule has 4 nitrogen and oxygen atoms in total. The standard InChI is InChI=1S/C14H19NO3/c1-11(13(16)15-9-14(2,17)10-15)18-8-12-6-4-3-5-7-12/h3-7,11,17H,8-10H2,1-2H3. The first-order valence-electron chi connectivity index (χ1n) is 6.15. The molecule has 1 aromatic carbocycles. The number of hydrogen-bond donors (Lipinski definition) is 1. The summed E-state index contributed by atoms with van der Waals surface area (Å²) in [6, 6.07) is 9.76. The molecule has 18 heavy (non-hydrogen) atoms. The predicted octanol–water partition coefficient (Wildman–Crippen LogP) is 1.18. The van der Waals surface area contributed by atoms with Crippen molar-refractivity contribution >= 4 is 5.91 Å². The van der Waals surface area contributed by atoms with E-state index < -0.39 is 11.7 Å². The van der Waals surface area contributed by atoms with Crippen molar-refractivity contribution in [3.63, 3.8) is 0 Å². The molecule has 0 saturated carbocycles. The Morgan fingerprint density at radius 3 is 2.61 bits per heavy atom. The van der Waals surface area contributed by atoms with Crippen LogP contribution in [0.25, 0.3) is 0 Å². The van der Waals surface area contributed by atoms with E-state index in [1.54, 1.807) is 18.7 Å². The number of nitrogens with zero attached hydrogens (tertiary/aromatic N) is 1. The van der Waals surface area contributed by atoms with Crippen LogP contribution < -0.4 is 0 Å². The molecule has 1 amide bonds. The average Bonchev–Trinajstić information content (AvgIpc) is 2.33. The molecule has 1 N–H and O–H groups in total. The van der Waals surface area contributed by atoms with Crippen LogP contribution in [0.1, 0.15) is 19.4 Å². The molecule has 1 aromatic rings. The van der Waals surface area contributed by atoms with Crippen LogP contribution in [-0.4, -0.2) is 40.7 Å². The SMILES string of the molecule is CC(OCc1ccccc1)C(=O)N1CC(C)(O)C1. The summed E-state index contributed by atoms with van der Waals surface area (Å²) in [7, 11) is 0. The van der Waals surface area contributed by atoms with Crippen molar-refractivity contribution in [3.05, 3.63) is 35.9 Å². The van der Waals surface area contributed by atoms with Gasteiger partial charge in [0.1, 0.15) is 6.10 Å². The number of amides is 1. The summed E-state index contributed by atoms with van der Waals surface area (Å²) in [5, 5.41) is 9.59. The third-order valence-corrected chi connectivity index (χ3v) is 3.07. The van der Waals surface area contributed by atoms with Crippen molar-refractivity contribution in [2.45, 2.75) is 32.2 Å². The Morgan fingerprint density at radius 1 is 1.44 bits per heavy atom. The zero-order valence-corrected chi connectivity index (χ0v) is 10.8. The van der Waals surface area contributed by atoms with Crippen molar-refractivity contribution in [2.24, 2.45) is 0 Å². The lowest BCUT2D eigenvalue weighted by molar-refractivity contribution is -0.163. The third kappa shape index (κ3) is 3.09. The van der Waals surface area contributed by atoms with Crippen molar-refractivity contribution in [1.29, 1.82) is 0 Å². The van der Waals surface area contributed by atoms with Gasteiger partial charge in [-0.25, -0.2) is 0 Å². The smallest absolute Gasteiger partial charge is 0.251 e. The van der Waals surface area contributed by atoms with Crippen molar-refractivity contribution < 1.29 is 14.6 Å². The Labute approximate surface area is 107 Å². The number of aliphatic hydroxyl groups is 1. The fourth-order valence-corrected chi connectivity index (χ4v) is 2.06. The summed E-state index contributed by atoms with van der Waals surface area (Å²) in [6.45, 7) is 4.69. The molecule has 0 aromatic heterocycles. The van der Waals surface area contributed by atoms with E-state index in [1.807, 2.05) is 30.3 Å². The summed E-state index contributed by atoms with van der Waals surface area (Å²) in [6.07, 6.45) is -0.471. The molecule has 0 spiro atoms. The molecule has 1 aliphatic heterocycles. The van der Waals surface area contributed by atoms with Gasteiger partial charge in [0.2, 0.25) is 0 Å². The van der Waals surface area contributed by atoms with Crippen molar-refractivity contribution in [3.8, 4) is 0 Å². The van der Waals surface area contributed by atoms with Crippen molar-refractivity contribution in [2.75, 3.05) is 13.1 Å². The lowest BCUT2D eigenvalue weighted by atomic mass is 9.96. The highest BCUT2D eigenvalue weighted by atomic mass is 16.5. The van der Waals surface area contributed by atoms with Crippen LogP contribution in [0.15, 0.2) is 30.3 Å². The summed E-state index contributed by atoms with van der Waals surface area (Å²) in [4.78, 5) is 13.5. The summed E-state index contributed by atoms with van der Waals surface area (Å²) in [5.41, 5.74) is 0.321. The van der Waals surface area contributed by atoms with E-state index in [0.29, 0.717) is 19.7 Å². The molecule has 1 atom stereocenters. The van der Waals surface area contributed by atoms with Crippen LogP contribution in [0, 0.1) is 0 Å². The third-order valence-electron chi connectivity index (χ3n) is 3.07. The lowest BCUT2D eigenvalue weighted by Gasteiger charge is -2.45. The number of rotatable bonds is 4. The highest BCUT2D eigenvalue weighted by Gasteiger charge is 2.40. The number of β-amino-alcohol motifs (C(OH)–C–C–N with tert-alkyl or cyclic N) is 1. The van der Waals surface area contributed by atoms with E-state index in [0.717, 1.165) is 5.56 Å². The normalized spacial score (nSPS) is 19.2. The van der Waals surface area contributed by atoms with Gasteiger partial charge in [-0.05, 0) is 19.4 Å². The first kappa shape index (κ1) is 13.1. The van der Waals surface area contributed by atoms with Crippen molar-refractivity contribution in [1.82, 2.24) is 4.90 Å². The lowest BCUT2D eigenvalue weighted by Crippen LogP contribution is -2.63. The number of likely N-dealkylation sites (tertiary alicyclic amines) is 1. The molecule has 98 valence electrons. The predicted molar refractivity (Wildman–Crippen MR) is 67.9 cm³/mol. The largest absolute Gasteiger partial charge is 0.386 e. The highest BCUT2D eigenvalue weighted by molar-refractivity contribution is 5.81. The first-order valence-corrected chi connectivity index (χ1v) is 6.15. The van der Waals surface area contributed by atoms with E-state index in [2.05, 4.69) is 0 Å².